The maximum Gasteiger partial charge on any atom is 0.434 e. The van der Waals surface area contributed by atoms with Crippen molar-refractivity contribution in [3.8, 4) is 5.69 Å². The van der Waals surface area contributed by atoms with Crippen molar-refractivity contribution in [3.05, 3.63) is 71.9 Å². The molecule has 0 spiro atoms. The maximum atomic E-state index is 13.4. The first-order chi connectivity index (χ1) is 12.0. The van der Waals surface area contributed by atoms with Crippen LogP contribution in [-0.2, 0) is 6.18 Å². The number of hydrazone groups is 1. The molecule has 1 N–H and O–H groups in total. The van der Waals surface area contributed by atoms with E-state index in [0.717, 1.165) is 6.20 Å². The normalized spacial score (nSPS) is 11.8. The standard InChI is InChI=1S/C16H11F3N4O2/c17-16(18,19)14-13(10-21-23(14)11-5-2-1-3-6-11)15(24)22-20-9-12-7-4-8-25-12/h1-10H,(H,22,24). The summed E-state index contributed by atoms with van der Waals surface area (Å²) in [7, 11) is 0. The molecule has 6 nitrogen and oxygen atoms in total. The Morgan fingerprint density at radius 1 is 1.20 bits per heavy atom. The summed E-state index contributed by atoms with van der Waals surface area (Å²) < 4.78 is 46.0. The molecule has 1 aromatic carbocycles. The van der Waals surface area contributed by atoms with Gasteiger partial charge in [0.1, 0.15) is 5.76 Å². The van der Waals surface area contributed by atoms with Crippen LogP contribution in [0.25, 0.3) is 5.69 Å². The number of alkyl halides is 3. The van der Waals surface area contributed by atoms with Crippen molar-refractivity contribution in [2.75, 3.05) is 0 Å². The van der Waals surface area contributed by atoms with E-state index in [4.69, 9.17) is 4.42 Å². The van der Waals surface area contributed by atoms with Crippen LogP contribution in [0.2, 0.25) is 0 Å². The average molecular weight is 348 g/mol. The van der Waals surface area contributed by atoms with Gasteiger partial charge in [0.25, 0.3) is 5.91 Å². The van der Waals surface area contributed by atoms with E-state index >= 15 is 0 Å². The fourth-order valence-corrected chi connectivity index (χ4v) is 2.13. The number of furan rings is 1. The van der Waals surface area contributed by atoms with Gasteiger partial charge >= 0.3 is 6.18 Å². The van der Waals surface area contributed by atoms with Crippen LogP contribution in [-0.4, -0.2) is 21.9 Å². The number of hydrogen-bond acceptors (Lipinski definition) is 4. The molecule has 128 valence electrons. The highest BCUT2D eigenvalue weighted by molar-refractivity contribution is 5.96. The number of hydrogen-bond donors (Lipinski definition) is 1. The number of aromatic nitrogens is 2. The van der Waals surface area contributed by atoms with E-state index in [9.17, 15) is 18.0 Å². The SMILES string of the molecule is O=C(NN=Cc1ccco1)c1cnn(-c2ccccc2)c1C(F)(F)F. The minimum atomic E-state index is -4.77. The van der Waals surface area contributed by atoms with Crippen molar-refractivity contribution in [2.45, 2.75) is 6.18 Å². The van der Waals surface area contributed by atoms with Gasteiger partial charge in [-0.1, -0.05) is 18.2 Å². The Balaban J connectivity index is 1.91. The van der Waals surface area contributed by atoms with Crippen LogP contribution in [0, 0.1) is 0 Å². The van der Waals surface area contributed by atoms with E-state index in [1.807, 2.05) is 5.43 Å². The van der Waals surface area contributed by atoms with Crippen LogP contribution in [0.5, 0.6) is 0 Å². The van der Waals surface area contributed by atoms with Crippen LogP contribution in [0.1, 0.15) is 21.8 Å². The van der Waals surface area contributed by atoms with Crippen LogP contribution < -0.4 is 5.43 Å². The highest BCUT2D eigenvalue weighted by Gasteiger charge is 2.40. The number of para-hydroxylation sites is 1. The molecule has 25 heavy (non-hydrogen) atoms. The van der Waals surface area contributed by atoms with E-state index in [0.29, 0.717) is 10.4 Å². The Morgan fingerprint density at radius 3 is 2.60 bits per heavy atom. The van der Waals surface area contributed by atoms with Crippen LogP contribution >= 0.6 is 0 Å². The molecule has 0 unspecified atom stereocenters. The Morgan fingerprint density at radius 2 is 1.96 bits per heavy atom. The summed E-state index contributed by atoms with van der Waals surface area (Å²) in [5.41, 5.74) is 0.412. The van der Waals surface area contributed by atoms with Gasteiger partial charge in [-0.3, -0.25) is 4.79 Å². The second-order valence-electron chi connectivity index (χ2n) is 4.87. The van der Waals surface area contributed by atoms with E-state index in [2.05, 4.69) is 10.2 Å². The lowest BCUT2D eigenvalue weighted by Crippen LogP contribution is -2.23. The average Bonchev–Trinajstić information content (AvgIpc) is 3.24. The summed E-state index contributed by atoms with van der Waals surface area (Å²) >= 11 is 0. The second kappa shape index (κ2) is 6.63. The van der Waals surface area contributed by atoms with Gasteiger partial charge in [-0.2, -0.15) is 23.4 Å². The van der Waals surface area contributed by atoms with Crippen LogP contribution in [0.4, 0.5) is 13.2 Å². The molecule has 0 aliphatic heterocycles. The van der Waals surface area contributed by atoms with Crippen molar-refractivity contribution in [1.82, 2.24) is 15.2 Å². The Kier molecular flexibility index (Phi) is 4.38. The van der Waals surface area contributed by atoms with Crippen LogP contribution in [0.15, 0.2) is 64.4 Å². The molecule has 0 aliphatic rings. The maximum absolute atomic E-state index is 13.4. The predicted octanol–water partition coefficient (Wildman–Crippen LogP) is 3.25. The van der Waals surface area contributed by atoms with Crippen molar-refractivity contribution >= 4 is 12.1 Å². The zero-order chi connectivity index (χ0) is 17.9. The lowest BCUT2D eigenvalue weighted by molar-refractivity contribution is -0.143. The molecule has 9 heteroatoms. The molecule has 0 bridgehead atoms. The first-order valence-corrected chi connectivity index (χ1v) is 7.04. The lowest BCUT2D eigenvalue weighted by Gasteiger charge is -2.12. The molecule has 0 fully saturated rings. The van der Waals surface area contributed by atoms with Crippen molar-refractivity contribution in [1.29, 1.82) is 0 Å². The number of halogens is 3. The quantitative estimate of drug-likeness (QED) is 0.581. The number of amides is 1. The number of rotatable bonds is 4. The largest absolute Gasteiger partial charge is 0.463 e. The number of nitrogens with one attached hydrogen (secondary N) is 1. The van der Waals surface area contributed by atoms with Gasteiger partial charge in [-0.25, -0.2) is 10.1 Å². The van der Waals surface area contributed by atoms with Gasteiger partial charge in [0.15, 0.2) is 5.69 Å². The number of carbonyl (C=O) groups excluding carboxylic acids is 1. The van der Waals surface area contributed by atoms with Crippen molar-refractivity contribution in [3.63, 3.8) is 0 Å². The second-order valence-corrected chi connectivity index (χ2v) is 4.87. The number of benzene rings is 1. The number of carbonyl (C=O) groups is 1. The zero-order valence-corrected chi connectivity index (χ0v) is 12.6. The first-order valence-electron chi connectivity index (χ1n) is 7.04. The minimum Gasteiger partial charge on any atom is -0.463 e. The number of nitrogens with zero attached hydrogens (tertiary/aromatic N) is 3. The molecular weight excluding hydrogens is 337 g/mol. The lowest BCUT2D eigenvalue weighted by atomic mass is 10.2. The van der Waals surface area contributed by atoms with Gasteiger partial charge < -0.3 is 4.42 Å². The summed E-state index contributed by atoms with van der Waals surface area (Å²) in [4.78, 5) is 12.1. The molecule has 2 aromatic heterocycles. The highest BCUT2D eigenvalue weighted by Crippen LogP contribution is 2.33. The topological polar surface area (TPSA) is 72.4 Å². The van der Waals surface area contributed by atoms with E-state index in [-0.39, 0.29) is 5.69 Å². The fraction of sp³-hybridized carbons (Fsp3) is 0.0625. The molecule has 0 saturated carbocycles. The molecule has 2 heterocycles. The summed E-state index contributed by atoms with van der Waals surface area (Å²) in [5.74, 6) is -0.686. The summed E-state index contributed by atoms with van der Waals surface area (Å²) in [5, 5.41) is 7.27. The van der Waals surface area contributed by atoms with Gasteiger partial charge in [0, 0.05) is 0 Å². The van der Waals surface area contributed by atoms with Gasteiger partial charge in [0.05, 0.1) is 29.9 Å². The molecule has 0 radical (unpaired) electrons. The first kappa shape index (κ1) is 16.5. The van der Waals surface area contributed by atoms with Gasteiger partial charge in [0.2, 0.25) is 0 Å². The van der Waals surface area contributed by atoms with Gasteiger partial charge in [-0.05, 0) is 24.3 Å². The monoisotopic (exact) mass is 348 g/mol. The molecule has 3 rings (SSSR count). The molecular formula is C16H11F3N4O2. The van der Waals surface area contributed by atoms with Gasteiger partial charge in [-0.15, -0.1) is 0 Å². The highest BCUT2D eigenvalue weighted by atomic mass is 19.4. The predicted molar refractivity (Wildman–Crippen MR) is 82.3 cm³/mol. The van der Waals surface area contributed by atoms with E-state index in [1.165, 1.54) is 24.6 Å². The minimum absolute atomic E-state index is 0.188. The molecule has 3 aromatic rings. The van der Waals surface area contributed by atoms with Crippen LogP contribution in [0.3, 0.4) is 0 Å². The molecule has 0 aliphatic carbocycles. The molecule has 1 amide bonds. The van der Waals surface area contributed by atoms with E-state index in [1.54, 1.807) is 30.3 Å². The Bertz CT molecular complexity index is 884. The summed E-state index contributed by atoms with van der Waals surface area (Å²) in [6, 6.07) is 10.9. The molecule has 0 saturated heterocycles. The smallest absolute Gasteiger partial charge is 0.434 e. The third kappa shape index (κ3) is 3.60. The van der Waals surface area contributed by atoms with E-state index < -0.39 is 23.3 Å². The van der Waals surface area contributed by atoms with Crippen molar-refractivity contribution < 1.29 is 22.4 Å². The van der Waals surface area contributed by atoms with Crippen molar-refractivity contribution in [2.24, 2.45) is 5.10 Å². The third-order valence-electron chi connectivity index (χ3n) is 3.18. The Hall–Kier alpha value is -3.36. The third-order valence-corrected chi connectivity index (χ3v) is 3.18. The Labute approximate surface area is 139 Å². The zero-order valence-electron chi connectivity index (χ0n) is 12.6. The molecule has 0 atom stereocenters. The summed E-state index contributed by atoms with van der Waals surface area (Å²) in [6.07, 6.45) is -1.35. The summed E-state index contributed by atoms with van der Waals surface area (Å²) in [6.45, 7) is 0. The fourth-order valence-electron chi connectivity index (χ4n) is 2.13.